The van der Waals surface area contributed by atoms with Crippen LogP contribution in [0.3, 0.4) is 0 Å². The summed E-state index contributed by atoms with van der Waals surface area (Å²) in [4.78, 5) is 11.6. The first kappa shape index (κ1) is 13.6. The van der Waals surface area contributed by atoms with E-state index in [-0.39, 0.29) is 10.7 Å². The number of rotatable bonds is 3. The maximum absolute atomic E-state index is 11.6. The fraction of sp³-hybridized carbons (Fsp3) is 0.385. The Bertz CT molecular complexity index is 426. The molecule has 0 unspecified atom stereocenters. The quantitative estimate of drug-likeness (QED) is 0.894. The number of nitrogens with zero attached hydrogens (tertiary/aromatic N) is 1. The van der Waals surface area contributed by atoms with Gasteiger partial charge in [-0.3, -0.25) is 4.79 Å². The second-order valence-electron chi connectivity index (χ2n) is 4.64. The Hall–Kier alpha value is -1.47. The van der Waals surface area contributed by atoms with Gasteiger partial charge in [0.25, 0.3) is 0 Å². The van der Waals surface area contributed by atoms with E-state index in [1.807, 2.05) is 6.07 Å². The van der Waals surface area contributed by atoms with Crippen LogP contribution in [-0.4, -0.2) is 16.4 Å². The number of anilines is 1. The van der Waals surface area contributed by atoms with Crippen LogP contribution in [0.5, 0.6) is 0 Å². The Kier molecular flexibility index (Phi) is 4.59. The van der Waals surface area contributed by atoms with Crippen LogP contribution in [0.1, 0.15) is 26.3 Å². The van der Waals surface area contributed by atoms with Crippen molar-refractivity contribution < 1.29 is 4.79 Å². The van der Waals surface area contributed by atoms with Gasteiger partial charge in [-0.15, -0.1) is 11.8 Å². The summed E-state index contributed by atoms with van der Waals surface area (Å²) >= 11 is 1.60. The molecule has 0 spiro atoms. The van der Waals surface area contributed by atoms with Gasteiger partial charge in [0.05, 0.1) is 17.4 Å². The van der Waals surface area contributed by atoms with E-state index in [9.17, 15) is 4.79 Å². The van der Waals surface area contributed by atoms with Gasteiger partial charge in [0, 0.05) is 10.4 Å². The van der Waals surface area contributed by atoms with Crippen LogP contribution < -0.4 is 5.32 Å². The summed E-state index contributed by atoms with van der Waals surface area (Å²) < 4.78 is 0.0853. The van der Waals surface area contributed by atoms with Gasteiger partial charge in [0.2, 0.25) is 5.91 Å². The molecule has 3 nitrogen and oxygen atoms in total. The van der Waals surface area contributed by atoms with Gasteiger partial charge in [-0.25, -0.2) is 0 Å². The molecule has 0 bridgehead atoms. The number of thioether (sulfide) groups is 1. The highest BCUT2D eigenvalue weighted by molar-refractivity contribution is 8.01. The summed E-state index contributed by atoms with van der Waals surface area (Å²) in [5.74, 6) is 0.415. The average Bonchev–Trinajstić information content (AvgIpc) is 2.27. The first-order chi connectivity index (χ1) is 7.90. The summed E-state index contributed by atoms with van der Waals surface area (Å²) in [5, 5.41) is 11.4. The van der Waals surface area contributed by atoms with Crippen molar-refractivity contribution in [2.45, 2.75) is 25.5 Å². The van der Waals surface area contributed by atoms with Crippen LogP contribution in [0.4, 0.5) is 5.69 Å². The SMILES string of the molecule is CC(C)(C)SCC(=O)Nc1ccc(C#N)cc1. The van der Waals surface area contributed by atoms with Crippen molar-refractivity contribution in [3.63, 3.8) is 0 Å². The van der Waals surface area contributed by atoms with Crippen molar-refractivity contribution in [2.75, 3.05) is 11.1 Å². The lowest BCUT2D eigenvalue weighted by molar-refractivity contribution is -0.113. The Morgan fingerprint density at radius 2 is 1.94 bits per heavy atom. The largest absolute Gasteiger partial charge is 0.325 e. The third-order valence-corrected chi connectivity index (χ3v) is 3.21. The predicted octanol–water partition coefficient (Wildman–Crippen LogP) is 3.03. The van der Waals surface area contributed by atoms with Crippen LogP contribution in [0.25, 0.3) is 0 Å². The Balaban J connectivity index is 2.48. The number of nitriles is 1. The molecule has 0 atom stereocenters. The molecular formula is C13H16N2OS. The average molecular weight is 248 g/mol. The van der Waals surface area contributed by atoms with Crippen LogP contribution in [-0.2, 0) is 4.79 Å². The van der Waals surface area contributed by atoms with E-state index in [1.165, 1.54) is 0 Å². The predicted molar refractivity (Wildman–Crippen MR) is 72.0 cm³/mol. The standard InChI is InChI=1S/C13H16N2OS/c1-13(2,3)17-9-12(16)15-11-6-4-10(8-14)5-7-11/h4-7H,9H2,1-3H3,(H,15,16). The molecular weight excluding hydrogens is 232 g/mol. The molecule has 1 aromatic rings. The highest BCUT2D eigenvalue weighted by Crippen LogP contribution is 2.23. The van der Waals surface area contributed by atoms with Crippen molar-refractivity contribution in [1.29, 1.82) is 5.26 Å². The Morgan fingerprint density at radius 3 is 2.41 bits per heavy atom. The van der Waals surface area contributed by atoms with E-state index >= 15 is 0 Å². The highest BCUT2D eigenvalue weighted by atomic mass is 32.2. The molecule has 1 aromatic carbocycles. The third-order valence-electron chi connectivity index (χ3n) is 1.93. The molecule has 90 valence electrons. The molecule has 0 fully saturated rings. The maximum atomic E-state index is 11.6. The zero-order valence-corrected chi connectivity index (χ0v) is 11.1. The van der Waals surface area contributed by atoms with E-state index in [2.05, 4.69) is 26.1 Å². The topological polar surface area (TPSA) is 52.9 Å². The molecule has 17 heavy (non-hydrogen) atoms. The number of benzene rings is 1. The molecule has 0 aliphatic heterocycles. The minimum atomic E-state index is -0.0189. The minimum Gasteiger partial charge on any atom is -0.325 e. The van der Waals surface area contributed by atoms with E-state index < -0.39 is 0 Å². The molecule has 0 heterocycles. The van der Waals surface area contributed by atoms with Crippen molar-refractivity contribution in [2.24, 2.45) is 0 Å². The maximum Gasteiger partial charge on any atom is 0.234 e. The zero-order valence-electron chi connectivity index (χ0n) is 10.3. The monoisotopic (exact) mass is 248 g/mol. The van der Waals surface area contributed by atoms with Crippen molar-refractivity contribution in [3.05, 3.63) is 29.8 Å². The van der Waals surface area contributed by atoms with Gasteiger partial charge in [-0.1, -0.05) is 20.8 Å². The van der Waals surface area contributed by atoms with Gasteiger partial charge >= 0.3 is 0 Å². The highest BCUT2D eigenvalue weighted by Gasteiger charge is 2.13. The molecule has 1 N–H and O–H groups in total. The molecule has 0 saturated carbocycles. The normalized spacial score (nSPS) is 10.7. The second kappa shape index (κ2) is 5.74. The minimum absolute atomic E-state index is 0.0189. The number of amides is 1. The van der Waals surface area contributed by atoms with E-state index in [0.717, 1.165) is 5.69 Å². The first-order valence-electron chi connectivity index (χ1n) is 5.35. The van der Waals surface area contributed by atoms with Gasteiger partial charge in [0.1, 0.15) is 0 Å². The summed E-state index contributed by atoms with van der Waals surface area (Å²) in [6.45, 7) is 6.23. The molecule has 0 aliphatic carbocycles. The van der Waals surface area contributed by atoms with E-state index in [1.54, 1.807) is 36.0 Å². The van der Waals surface area contributed by atoms with Gasteiger partial charge in [0.15, 0.2) is 0 Å². The van der Waals surface area contributed by atoms with Crippen molar-refractivity contribution in [1.82, 2.24) is 0 Å². The third kappa shape index (κ3) is 5.41. The fourth-order valence-corrected chi connectivity index (χ4v) is 1.74. The molecule has 0 aliphatic rings. The van der Waals surface area contributed by atoms with Crippen molar-refractivity contribution >= 4 is 23.4 Å². The van der Waals surface area contributed by atoms with Gasteiger partial charge in [-0.2, -0.15) is 5.26 Å². The van der Waals surface area contributed by atoms with Gasteiger partial charge in [-0.05, 0) is 24.3 Å². The summed E-state index contributed by atoms with van der Waals surface area (Å²) in [5.41, 5.74) is 1.32. The van der Waals surface area contributed by atoms with E-state index in [4.69, 9.17) is 5.26 Å². The number of hydrogen-bond donors (Lipinski definition) is 1. The number of carbonyl (C=O) groups excluding carboxylic acids is 1. The summed E-state index contributed by atoms with van der Waals surface area (Å²) in [6.07, 6.45) is 0. The van der Waals surface area contributed by atoms with Gasteiger partial charge < -0.3 is 5.32 Å². The second-order valence-corrected chi connectivity index (χ2v) is 6.44. The Morgan fingerprint density at radius 1 is 1.35 bits per heavy atom. The molecule has 1 rings (SSSR count). The molecule has 0 saturated heterocycles. The lowest BCUT2D eigenvalue weighted by Crippen LogP contribution is -2.18. The lowest BCUT2D eigenvalue weighted by Gasteiger charge is -2.16. The summed E-state index contributed by atoms with van der Waals surface area (Å²) in [6, 6.07) is 8.88. The molecule has 4 heteroatoms. The number of nitrogens with one attached hydrogen (secondary N) is 1. The smallest absolute Gasteiger partial charge is 0.234 e. The van der Waals surface area contributed by atoms with Crippen LogP contribution in [0.15, 0.2) is 24.3 Å². The number of carbonyl (C=O) groups is 1. The van der Waals surface area contributed by atoms with Crippen LogP contribution >= 0.6 is 11.8 Å². The lowest BCUT2D eigenvalue weighted by atomic mass is 10.2. The van der Waals surface area contributed by atoms with Crippen LogP contribution in [0, 0.1) is 11.3 Å². The number of hydrogen-bond acceptors (Lipinski definition) is 3. The van der Waals surface area contributed by atoms with Crippen LogP contribution in [0.2, 0.25) is 0 Å². The zero-order chi connectivity index (χ0) is 12.9. The van der Waals surface area contributed by atoms with Crippen molar-refractivity contribution in [3.8, 4) is 6.07 Å². The molecule has 1 amide bonds. The van der Waals surface area contributed by atoms with E-state index in [0.29, 0.717) is 11.3 Å². The Labute approximate surface area is 106 Å². The fourth-order valence-electron chi connectivity index (χ4n) is 1.11. The first-order valence-corrected chi connectivity index (χ1v) is 6.33. The molecule has 0 radical (unpaired) electrons. The molecule has 0 aromatic heterocycles. The summed E-state index contributed by atoms with van der Waals surface area (Å²) in [7, 11) is 0.